The first kappa shape index (κ1) is 23.4. The molecule has 1 fully saturated rings. The molecule has 0 atom stereocenters. The van der Waals surface area contributed by atoms with Crippen LogP contribution in [0, 0.1) is 10.8 Å². The number of para-hydroxylation sites is 1. The van der Waals surface area contributed by atoms with Gasteiger partial charge in [-0.05, 0) is 70.7 Å². The minimum Gasteiger partial charge on any atom is -0.507 e. The molecule has 0 saturated carbocycles. The zero-order valence-electron chi connectivity index (χ0n) is 19.6. The van der Waals surface area contributed by atoms with Gasteiger partial charge in [-0.1, -0.05) is 59.7 Å². The molecule has 0 bridgehead atoms. The summed E-state index contributed by atoms with van der Waals surface area (Å²) in [5.41, 5.74) is 3.29. The van der Waals surface area contributed by atoms with Crippen molar-refractivity contribution in [3.8, 4) is 5.75 Å². The first-order valence-electron chi connectivity index (χ1n) is 10.9. The number of hydrogen-bond donors (Lipinski definition) is 1. The first-order chi connectivity index (χ1) is 14.3. The molecule has 1 N–H and O–H groups in total. The van der Waals surface area contributed by atoms with Gasteiger partial charge in [0.15, 0.2) is 0 Å². The summed E-state index contributed by atoms with van der Waals surface area (Å²) in [4.78, 5) is 0.422. The second-order valence-electron chi connectivity index (χ2n) is 10.9. The lowest BCUT2D eigenvalue weighted by Crippen LogP contribution is -2.24. The Kier molecular flexibility index (Phi) is 6.30. The van der Waals surface area contributed by atoms with Crippen LogP contribution in [0.2, 0.25) is 0 Å². The third-order valence-electron chi connectivity index (χ3n) is 5.29. The Hall–Kier alpha value is -2.27. The van der Waals surface area contributed by atoms with Crippen molar-refractivity contribution in [2.24, 2.45) is 10.8 Å². The maximum Gasteiger partial charge on any atom is 0.260 e. The molecule has 168 valence electrons. The quantitative estimate of drug-likeness (QED) is 0.619. The van der Waals surface area contributed by atoms with E-state index in [1.807, 2.05) is 42.5 Å². The molecule has 0 radical (unpaired) electrons. The van der Waals surface area contributed by atoms with E-state index in [-0.39, 0.29) is 10.8 Å². The molecule has 1 heterocycles. The van der Waals surface area contributed by atoms with E-state index in [0.29, 0.717) is 29.3 Å². The predicted octanol–water partition coefficient (Wildman–Crippen LogP) is 6.15. The number of hydrogen-bond acceptors (Lipinski definition) is 3. The molecule has 0 amide bonds. The lowest BCUT2D eigenvalue weighted by molar-refractivity contribution is 0.378. The van der Waals surface area contributed by atoms with Crippen LogP contribution in [-0.4, -0.2) is 20.1 Å². The zero-order valence-corrected chi connectivity index (χ0v) is 20.4. The second kappa shape index (κ2) is 8.34. The molecule has 1 aliphatic heterocycles. The summed E-state index contributed by atoms with van der Waals surface area (Å²) < 4.78 is 27.9. The van der Waals surface area contributed by atoms with Crippen LogP contribution in [0.15, 0.2) is 47.4 Å². The molecule has 0 unspecified atom stereocenters. The number of anilines is 1. The molecule has 0 aliphatic carbocycles. The summed E-state index contributed by atoms with van der Waals surface area (Å²) in [6.07, 6.45) is 3.70. The Balaban J connectivity index is 2.04. The highest BCUT2D eigenvalue weighted by molar-refractivity contribution is 7.97. The molecule has 4 nitrogen and oxygen atoms in total. The average Bonchev–Trinajstić information content (AvgIpc) is 2.91. The largest absolute Gasteiger partial charge is 0.507 e. The van der Waals surface area contributed by atoms with Crippen molar-refractivity contribution in [1.82, 2.24) is 0 Å². The van der Waals surface area contributed by atoms with E-state index < -0.39 is 10.0 Å². The highest BCUT2D eigenvalue weighted by Crippen LogP contribution is 2.37. The highest BCUT2D eigenvalue weighted by Gasteiger charge is 2.34. The van der Waals surface area contributed by atoms with Crippen LogP contribution in [0.1, 0.15) is 64.7 Å². The van der Waals surface area contributed by atoms with Gasteiger partial charge in [0, 0.05) is 13.0 Å². The molecular formula is C26H35NO3S. The zero-order chi connectivity index (χ0) is 23.0. The summed E-state index contributed by atoms with van der Waals surface area (Å²) in [5, 5.41) is 10.9. The molecule has 0 aromatic heterocycles. The summed E-state index contributed by atoms with van der Waals surface area (Å²) in [7, 11) is -3.55. The molecule has 5 heteroatoms. The number of rotatable bonds is 4. The van der Waals surface area contributed by atoms with Crippen LogP contribution in [0.3, 0.4) is 0 Å². The monoisotopic (exact) mass is 441 g/mol. The summed E-state index contributed by atoms with van der Waals surface area (Å²) >= 11 is 0. The third kappa shape index (κ3) is 5.70. The number of aromatic hydroxyl groups is 1. The standard InChI is InChI=1S/C26H35NO3S/c1-25(2,3)17-20-14-19(15-21(24(20)28)18-26(4,5)6)16-23-12-13-27(31(23,29)30)22-10-8-7-9-11-22/h7-11,14-16,28H,12-13,17-18H2,1-6H3/b23-16-. The van der Waals surface area contributed by atoms with E-state index in [1.54, 1.807) is 6.08 Å². The SMILES string of the molecule is CC(C)(C)Cc1cc(/C=C2/CCN(c3ccccc3)S2(=O)=O)cc(CC(C)(C)C)c1O. The van der Waals surface area contributed by atoms with E-state index in [9.17, 15) is 13.5 Å². The molecule has 3 rings (SSSR count). The Morgan fingerprint density at radius 1 is 0.935 bits per heavy atom. The number of sulfonamides is 1. The highest BCUT2D eigenvalue weighted by atomic mass is 32.2. The van der Waals surface area contributed by atoms with Gasteiger partial charge in [0.1, 0.15) is 5.75 Å². The second-order valence-corrected chi connectivity index (χ2v) is 12.9. The summed E-state index contributed by atoms with van der Waals surface area (Å²) in [6, 6.07) is 13.1. The maximum atomic E-state index is 13.2. The van der Waals surface area contributed by atoms with E-state index in [0.717, 1.165) is 29.5 Å². The first-order valence-corrected chi connectivity index (χ1v) is 12.3. The van der Waals surface area contributed by atoms with Crippen LogP contribution in [0.25, 0.3) is 6.08 Å². The topological polar surface area (TPSA) is 57.6 Å². The minimum atomic E-state index is -3.55. The normalized spacial score (nSPS) is 18.0. The van der Waals surface area contributed by atoms with E-state index in [4.69, 9.17) is 0 Å². The van der Waals surface area contributed by atoms with Crippen LogP contribution in [0.4, 0.5) is 5.69 Å². The molecular weight excluding hydrogens is 406 g/mol. The minimum absolute atomic E-state index is 0.00575. The average molecular weight is 442 g/mol. The Morgan fingerprint density at radius 2 is 1.45 bits per heavy atom. The Labute approximate surface area is 187 Å². The van der Waals surface area contributed by atoms with E-state index >= 15 is 0 Å². The molecule has 2 aromatic carbocycles. The van der Waals surface area contributed by atoms with Crippen molar-refractivity contribution in [2.45, 2.75) is 60.8 Å². The smallest absolute Gasteiger partial charge is 0.260 e. The van der Waals surface area contributed by atoms with Gasteiger partial charge in [-0.2, -0.15) is 0 Å². The van der Waals surface area contributed by atoms with Crippen LogP contribution in [0.5, 0.6) is 5.75 Å². The summed E-state index contributed by atoms with van der Waals surface area (Å²) in [6.45, 7) is 13.3. The number of nitrogens with zero attached hydrogens (tertiary/aromatic N) is 1. The van der Waals surface area contributed by atoms with Crippen LogP contribution < -0.4 is 4.31 Å². The van der Waals surface area contributed by atoms with Gasteiger partial charge in [-0.3, -0.25) is 4.31 Å². The van der Waals surface area contributed by atoms with Gasteiger partial charge in [0.25, 0.3) is 10.0 Å². The van der Waals surface area contributed by atoms with Gasteiger partial charge in [-0.25, -0.2) is 8.42 Å². The van der Waals surface area contributed by atoms with Crippen molar-refractivity contribution in [1.29, 1.82) is 0 Å². The molecule has 1 aliphatic rings. The van der Waals surface area contributed by atoms with Gasteiger partial charge >= 0.3 is 0 Å². The fourth-order valence-corrected chi connectivity index (χ4v) is 5.73. The number of phenols is 1. The van der Waals surface area contributed by atoms with Gasteiger partial charge in [-0.15, -0.1) is 0 Å². The molecule has 1 saturated heterocycles. The van der Waals surface area contributed by atoms with E-state index in [2.05, 4.69) is 41.5 Å². The molecule has 2 aromatic rings. The maximum absolute atomic E-state index is 13.2. The van der Waals surface area contributed by atoms with E-state index in [1.165, 1.54) is 4.31 Å². The van der Waals surface area contributed by atoms with Crippen molar-refractivity contribution < 1.29 is 13.5 Å². The third-order valence-corrected chi connectivity index (χ3v) is 7.24. The fraction of sp³-hybridized carbons (Fsp3) is 0.462. The van der Waals surface area contributed by atoms with Crippen molar-refractivity contribution in [2.75, 3.05) is 10.8 Å². The Bertz CT molecular complexity index is 1030. The molecule has 0 spiro atoms. The summed E-state index contributed by atoms with van der Waals surface area (Å²) in [5.74, 6) is 0.340. The fourth-order valence-electron chi connectivity index (χ4n) is 4.08. The Morgan fingerprint density at radius 3 is 1.94 bits per heavy atom. The van der Waals surface area contributed by atoms with Gasteiger partial charge in [0.05, 0.1) is 10.6 Å². The lowest BCUT2D eigenvalue weighted by atomic mass is 9.83. The molecule has 31 heavy (non-hydrogen) atoms. The van der Waals surface area contributed by atoms with Crippen molar-refractivity contribution >= 4 is 21.8 Å². The van der Waals surface area contributed by atoms with Gasteiger partial charge in [0.2, 0.25) is 0 Å². The van der Waals surface area contributed by atoms with Crippen LogP contribution >= 0.6 is 0 Å². The van der Waals surface area contributed by atoms with Crippen LogP contribution in [-0.2, 0) is 22.9 Å². The number of benzene rings is 2. The lowest BCUT2D eigenvalue weighted by Gasteiger charge is -2.23. The van der Waals surface area contributed by atoms with Crippen molar-refractivity contribution in [3.63, 3.8) is 0 Å². The predicted molar refractivity (Wildman–Crippen MR) is 130 cm³/mol. The van der Waals surface area contributed by atoms with Gasteiger partial charge < -0.3 is 5.11 Å². The van der Waals surface area contributed by atoms with Crippen molar-refractivity contribution in [3.05, 3.63) is 64.1 Å². The number of phenolic OH excluding ortho intramolecular Hbond substituents is 1.